The van der Waals surface area contributed by atoms with E-state index in [0.717, 1.165) is 28.0 Å². The summed E-state index contributed by atoms with van der Waals surface area (Å²) in [5, 5.41) is 15.9. The Morgan fingerprint density at radius 1 is 1.12 bits per heavy atom. The summed E-state index contributed by atoms with van der Waals surface area (Å²) < 4.78 is 11.1. The van der Waals surface area contributed by atoms with Gasteiger partial charge in [0.15, 0.2) is 5.76 Å². The lowest BCUT2D eigenvalue weighted by molar-refractivity contribution is 0.101. The molecule has 6 heteroatoms. The third kappa shape index (κ3) is 3.39. The molecule has 0 saturated heterocycles. The molecule has 1 unspecified atom stereocenters. The fourth-order valence-corrected chi connectivity index (χ4v) is 4.06. The first-order chi connectivity index (χ1) is 15.5. The molecule has 160 valence electrons. The van der Waals surface area contributed by atoms with Crippen LogP contribution >= 0.6 is 0 Å². The number of hydrazone groups is 1. The van der Waals surface area contributed by atoms with Crippen LogP contribution in [0.1, 0.15) is 45.3 Å². The Morgan fingerprint density at radius 2 is 1.88 bits per heavy atom. The smallest absolute Gasteiger partial charge is 0.228 e. The maximum absolute atomic E-state index is 12.9. The fourth-order valence-electron chi connectivity index (χ4n) is 4.06. The zero-order valence-electron chi connectivity index (χ0n) is 17.8. The van der Waals surface area contributed by atoms with E-state index in [0.29, 0.717) is 23.1 Å². The lowest BCUT2D eigenvalue weighted by Crippen LogP contribution is -2.09. The van der Waals surface area contributed by atoms with Crippen LogP contribution in [0.2, 0.25) is 0 Å². The van der Waals surface area contributed by atoms with Gasteiger partial charge in [0, 0.05) is 34.6 Å². The molecule has 1 aliphatic rings. The number of nitrogens with one attached hydrogen (secondary N) is 1. The van der Waals surface area contributed by atoms with Gasteiger partial charge in [-0.25, -0.2) is 0 Å². The molecule has 0 bridgehead atoms. The molecule has 4 aromatic rings. The summed E-state index contributed by atoms with van der Waals surface area (Å²) in [5.41, 5.74) is 7.39. The third-order valence-corrected chi connectivity index (χ3v) is 5.88. The van der Waals surface area contributed by atoms with Gasteiger partial charge in [-0.3, -0.25) is 4.79 Å². The number of carbonyl (C=O) groups is 1. The largest absolute Gasteiger partial charge is 0.507 e. The summed E-state index contributed by atoms with van der Waals surface area (Å²) in [6, 6.07) is 20.3. The SMILES string of the molecule is COc1ccc(C2CC(c3cc4c(C)c(C(=O)c5ccccc5)oc4cc3O)=NN2)cc1. The van der Waals surface area contributed by atoms with Gasteiger partial charge in [0.2, 0.25) is 5.78 Å². The number of aryl methyl sites for hydroxylation is 1. The molecule has 2 heterocycles. The number of methoxy groups -OCH3 is 1. The van der Waals surface area contributed by atoms with Crippen molar-refractivity contribution in [1.82, 2.24) is 5.43 Å². The summed E-state index contributed by atoms with van der Waals surface area (Å²) in [4.78, 5) is 12.9. The molecule has 0 radical (unpaired) electrons. The Labute approximate surface area is 185 Å². The van der Waals surface area contributed by atoms with Gasteiger partial charge in [0.25, 0.3) is 0 Å². The maximum Gasteiger partial charge on any atom is 0.228 e. The van der Waals surface area contributed by atoms with Gasteiger partial charge >= 0.3 is 0 Å². The predicted molar refractivity (Wildman–Crippen MR) is 123 cm³/mol. The number of furan rings is 1. The van der Waals surface area contributed by atoms with Crippen molar-refractivity contribution >= 4 is 22.5 Å². The molecule has 3 aromatic carbocycles. The molecule has 0 amide bonds. The van der Waals surface area contributed by atoms with Crippen molar-refractivity contribution < 1.29 is 19.1 Å². The molecular formula is C26H22N2O4. The minimum Gasteiger partial charge on any atom is -0.507 e. The number of aromatic hydroxyl groups is 1. The Balaban J connectivity index is 1.45. The van der Waals surface area contributed by atoms with E-state index in [2.05, 4.69) is 10.5 Å². The summed E-state index contributed by atoms with van der Waals surface area (Å²) >= 11 is 0. The van der Waals surface area contributed by atoms with E-state index in [4.69, 9.17) is 9.15 Å². The molecule has 0 spiro atoms. The molecule has 6 nitrogen and oxygen atoms in total. The Bertz CT molecular complexity index is 1340. The van der Waals surface area contributed by atoms with E-state index in [-0.39, 0.29) is 23.3 Å². The quantitative estimate of drug-likeness (QED) is 0.433. The molecular weight excluding hydrogens is 404 g/mol. The molecule has 1 aliphatic heterocycles. The zero-order chi connectivity index (χ0) is 22.2. The van der Waals surface area contributed by atoms with Crippen LogP contribution in [0.5, 0.6) is 11.5 Å². The van der Waals surface area contributed by atoms with E-state index in [1.807, 2.05) is 55.5 Å². The number of ether oxygens (including phenoxy) is 1. The average Bonchev–Trinajstić information content (AvgIpc) is 3.44. The molecule has 1 aromatic heterocycles. The summed E-state index contributed by atoms with van der Waals surface area (Å²) in [5.74, 6) is 0.971. The number of fused-ring (bicyclic) bond motifs is 1. The van der Waals surface area contributed by atoms with E-state index < -0.39 is 0 Å². The van der Waals surface area contributed by atoms with Crippen molar-refractivity contribution in [2.45, 2.75) is 19.4 Å². The highest BCUT2D eigenvalue weighted by atomic mass is 16.5. The zero-order valence-corrected chi connectivity index (χ0v) is 17.8. The normalized spacial score (nSPS) is 15.4. The van der Waals surface area contributed by atoms with Crippen molar-refractivity contribution in [3.63, 3.8) is 0 Å². The van der Waals surface area contributed by atoms with Crippen LogP contribution in [0.4, 0.5) is 0 Å². The number of hydrogen-bond acceptors (Lipinski definition) is 6. The van der Waals surface area contributed by atoms with Crippen molar-refractivity contribution in [3.05, 3.63) is 94.7 Å². The molecule has 0 aliphatic carbocycles. The van der Waals surface area contributed by atoms with Crippen LogP contribution in [-0.4, -0.2) is 23.7 Å². The van der Waals surface area contributed by atoms with Crippen LogP contribution in [0.15, 0.2) is 76.2 Å². The van der Waals surface area contributed by atoms with Gasteiger partial charge in [-0.1, -0.05) is 42.5 Å². The molecule has 0 saturated carbocycles. The lowest BCUT2D eigenvalue weighted by Gasteiger charge is -2.11. The average molecular weight is 426 g/mol. The number of hydrogen-bond donors (Lipinski definition) is 2. The highest BCUT2D eigenvalue weighted by molar-refractivity contribution is 6.12. The first-order valence-corrected chi connectivity index (χ1v) is 10.4. The van der Waals surface area contributed by atoms with E-state index in [1.54, 1.807) is 25.3 Å². The first kappa shape index (κ1) is 19.9. The highest BCUT2D eigenvalue weighted by Crippen LogP contribution is 2.35. The third-order valence-electron chi connectivity index (χ3n) is 5.88. The van der Waals surface area contributed by atoms with Crippen molar-refractivity contribution in [2.75, 3.05) is 7.11 Å². The summed E-state index contributed by atoms with van der Waals surface area (Å²) in [6.45, 7) is 1.86. The molecule has 32 heavy (non-hydrogen) atoms. The van der Waals surface area contributed by atoms with Crippen LogP contribution < -0.4 is 10.2 Å². The standard InChI is InChI=1S/C26H22N2O4/c1-15-19-12-20(22-13-21(27-28-22)16-8-10-18(31-2)11-9-16)23(29)14-24(19)32-26(15)25(30)17-6-4-3-5-7-17/h3-12,14,21,27,29H,13H2,1-2H3. The second kappa shape index (κ2) is 7.89. The number of phenolic OH excluding ortho intramolecular Hbond substituents is 1. The number of rotatable bonds is 5. The number of nitrogens with zero attached hydrogens (tertiary/aromatic N) is 1. The Morgan fingerprint density at radius 3 is 2.59 bits per heavy atom. The number of carbonyl (C=O) groups excluding carboxylic acids is 1. The first-order valence-electron chi connectivity index (χ1n) is 10.4. The van der Waals surface area contributed by atoms with Crippen LogP contribution in [0.3, 0.4) is 0 Å². The number of ketones is 1. The highest BCUT2D eigenvalue weighted by Gasteiger charge is 2.26. The summed E-state index contributed by atoms with van der Waals surface area (Å²) in [6.07, 6.45) is 0.623. The minimum absolute atomic E-state index is 0.00618. The van der Waals surface area contributed by atoms with Gasteiger partial charge in [0.05, 0.1) is 18.9 Å². The maximum atomic E-state index is 12.9. The predicted octanol–water partition coefficient (Wildman–Crippen LogP) is 5.13. The second-order valence-electron chi connectivity index (χ2n) is 7.83. The lowest BCUT2D eigenvalue weighted by atomic mass is 9.97. The van der Waals surface area contributed by atoms with Crippen molar-refractivity contribution in [3.8, 4) is 11.5 Å². The molecule has 2 N–H and O–H groups in total. The Kier molecular flexibility index (Phi) is 4.90. The van der Waals surface area contributed by atoms with Gasteiger partial charge in [-0.15, -0.1) is 0 Å². The van der Waals surface area contributed by atoms with Gasteiger partial charge in [-0.05, 0) is 30.7 Å². The van der Waals surface area contributed by atoms with E-state index >= 15 is 0 Å². The summed E-state index contributed by atoms with van der Waals surface area (Å²) in [7, 11) is 1.64. The van der Waals surface area contributed by atoms with Gasteiger partial charge in [-0.2, -0.15) is 5.10 Å². The molecule has 5 rings (SSSR count). The van der Waals surface area contributed by atoms with E-state index in [1.165, 1.54) is 0 Å². The Hall–Kier alpha value is -4.06. The monoisotopic (exact) mass is 426 g/mol. The van der Waals surface area contributed by atoms with Crippen molar-refractivity contribution in [2.24, 2.45) is 5.10 Å². The van der Waals surface area contributed by atoms with Crippen LogP contribution in [0.25, 0.3) is 11.0 Å². The number of phenols is 1. The topological polar surface area (TPSA) is 84.1 Å². The van der Waals surface area contributed by atoms with E-state index in [9.17, 15) is 9.90 Å². The molecule has 1 atom stereocenters. The fraction of sp³-hybridized carbons (Fsp3) is 0.154. The van der Waals surface area contributed by atoms with Gasteiger partial charge in [0.1, 0.15) is 17.1 Å². The minimum atomic E-state index is -0.181. The number of benzene rings is 3. The van der Waals surface area contributed by atoms with Crippen LogP contribution in [-0.2, 0) is 0 Å². The van der Waals surface area contributed by atoms with Gasteiger partial charge < -0.3 is 19.7 Å². The van der Waals surface area contributed by atoms with Crippen LogP contribution in [0, 0.1) is 6.92 Å². The van der Waals surface area contributed by atoms with Crippen molar-refractivity contribution in [1.29, 1.82) is 0 Å². The second-order valence-corrected chi connectivity index (χ2v) is 7.83. The molecule has 0 fully saturated rings.